The quantitative estimate of drug-likeness (QED) is 0.492. The molecule has 0 saturated heterocycles. The Morgan fingerprint density at radius 1 is 1.22 bits per heavy atom. The molecule has 1 fully saturated rings. The molecule has 174 valence electrons. The summed E-state index contributed by atoms with van der Waals surface area (Å²) in [5.74, 6) is 0.426. The second-order valence-electron chi connectivity index (χ2n) is 7.82. The van der Waals surface area contributed by atoms with Gasteiger partial charge in [0.25, 0.3) is 0 Å². The van der Waals surface area contributed by atoms with Gasteiger partial charge in [0, 0.05) is 10.9 Å². The van der Waals surface area contributed by atoms with Gasteiger partial charge in [0.15, 0.2) is 11.5 Å². The van der Waals surface area contributed by atoms with Crippen LogP contribution in [-0.4, -0.2) is 42.4 Å². The number of nitrogens with one attached hydrogen (secondary N) is 1. The first-order valence-electron chi connectivity index (χ1n) is 11.1. The fraction of sp³-hybridized carbons (Fsp3) is 0.500. The minimum absolute atomic E-state index is 0.123. The van der Waals surface area contributed by atoms with Crippen molar-refractivity contribution in [2.75, 3.05) is 19.6 Å². The third-order valence-electron chi connectivity index (χ3n) is 5.66. The number of hydrogen-bond donors (Lipinski definition) is 1. The maximum absolute atomic E-state index is 13.6. The first kappa shape index (κ1) is 24.4. The molecule has 1 heterocycles. The number of benzene rings is 1. The Hall–Kier alpha value is -2.25. The normalized spacial score (nSPS) is 15.1. The second kappa shape index (κ2) is 12.1. The Morgan fingerprint density at radius 2 is 2.00 bits per heavy atom. The predicted octanol–water partition coefficient (Wildman–Crippen LogP) is 4.91. The van der Waals surface area contributed by atoms with Crippen LogP contribution in [0.15, 0.2) is 35.7 Å². The van der Waals surface area contributed by atoms with Gasteiger partial charge >= 0.3 is 0 Å². The highest BCUT2D eigenvalue weighted by atomic mass is 35.5. The third-order valence-corrected chi connectivity index (χ3v) is 6.75. The molecule has 1 N–H and O–H groups in total. The summed E-state index contributed by atoms with van der Waals surface area (Å²) >= 11 is 7.52. The van der Waals surface area contributed by atoms with Crippen molar-refractivity contribution >= 4 is 34.8 Å². The van der Waals surface area contributed by atoms with Crippen LogP contribution in [0, 0.1) is 0 Å². The monoisotopic (exact) mass is 478 g/mol. The van der Waals surface area contributed by atoms with Crippen LogP contribution in [-0.2, 0) is 16.1 Å². The largest absolute Gasteiger partial charge is 0.493 e. The molecule has 8 heteroatoms. The van der Waals surface area contributed by atoms with Gasteiger partial charge in [-0.1, -0.05) is 31.4 Å². The predicted molar refractivity (Wildman–Crippen MR) is 128 cm³/mol. The van der Waals surface area contributed by atoms with E-state index in [4.69, 9.17) is 21.1 Å². The maximum Gasteiger partial charge on any atom is 0.247 e. The van der Waals surface area contributed by atoms with E-state index in [1.807, 2.05) is 30.5 Å². The van der Waals surface area contributed by atoms with Crippen molar-refractivity contribution in [2.45, 2.75) is 57.7 Å². The van der Waals surface area contributed by atoms with E-state index in [0.29, 0.717) is 30.2 Å². The molecule has 32 heavy (non-hydrogen) atoms. The first-order chi connectivity index (χ1) is 15.6. The van der Waals surface area contributed by atoms with E-state index < -0.39 is 6.04 Å². The maximum atomic E-state index is 13.6. The smallest absolute Gasteiger partial charge is 0.247 e. The molecule has 3 rings (SSSR count). The molecule has 0 spiro atoms. The summed E-state index contributed by atoms with van der Waals surface area (Å²) in [6, 6.07) is 8.56. The summed E-state index contributed by atoms with van der Waals surface area (Å²) in [6.07, 6.45) is 5.32. The first-order valence-corrected chi connectivity index (χ1v) is 12.5. The van der Waals surface area contributed by atoms with Crippen LogP contribution in [0.25, 0.3) is 0 Å². The lowest BCUT2D eigenvalue weighted by atomic mass is 9.94. The Balaban J connectivity index is 1.98. The highest BCUT2D eigenvalue weighted by molar-refractivity contribution is 7.09. The van der Waals surface area contributed by atoms with Crippen LogP contribution in [0.4, 0.5) is 0 Å². The molecule has 1 atom stereocenters. The average molecular weight is 479 g/mol. The number of ether oxygens (including phenoxy) is 2. The van der Waals surface area contributed by atoms with E-state index >= 15 is 0 Å². The van der Waals surface area contributed by atoms with Crippen LogP contribution in [0.1, 0.15) is 55.5 Å². The minimum atomic E-state index is -0.824. The van der Waals surface area contributed by atoms with Crippen LogP contribution in [0.5, 0.6) is 11.5 Å². The number of alkyl halides is 1. The molecule has 2 amide bonds. The van der Waals surface area contributed by atoms with Gasteiger partial charge < -0.3 is 19.7 Å². The topological polar surface area (TPSA) is 67.9 Å². The van der Waals surface area contributed by atoms with Crippen molar-refractivity contribution in [1.29, 1.82) is 0 Å². The van der Waals surface area contributed by atoms with Crippen LogP contribution >= 0.6 is 22.9 Å². The summed E-state index contributed by atoms with van der Waals surface area (Å²) in [7, 11) is 1.56. The van der Waals surface area contributed by atoms with Crippen molar-refractivity contribution in [3.8, 4) is 11.5 Å². The zero-order chi connectivity index (χ0) is 22.9. The van der Waals surface area contributed by atoms with E-state index in [1.165, 1.54) is 6.42 Å². The number of carbonyl (C=O) groups excluding carboxylic acids is 2. The molecule has 6 nitrogen and oxygen atoms in total. The highest BCUT2D eigenvalue weighted by Gasteiger charge is 2.33. The fourth-order valence-corrected chi connectivity index (χ4v) is 4.96. The van der Waals surface area contributed by atoms with Crippen LogP contribution in [0.2, 0.25) is 0 Å². The van der Waals surface area contributed by atoms with Gasteiger partial charge in [-0.2, -0.15) is 0 Å². The molecule has 1 saturated carbocycles. The third kappa shape index (κ3) is 6.17. The summed E-state index contributed by atoms with van der Waals surface area (Å²) in [5.41, 5.74) is 0.661. The molecule has 1 aliphatic carbocycles. The van der Waals surface area contributed by atoms with Gasteiger partial charge in [-0.05, 0) is 48.9 Å². The average Bonchev–Trinajstić information content (AvgIpc) is 3.33. The van der Waals surface area contributed by atoms with Gasteiger partial charge in [0.2, 0.25) is 11.8 Å². The number of methoxy groups -OCH3 is 1. The van der Waals surface area contributed by atoms with Gasteiger partial charge in [0.1, 0.15) is 11.9 Å². The number of amides is 2. The molecule has 2 aromatic rings. The molecule has 0 radical (unpaired) electrons. The van der Waals surface area contributed by atoms with Gasteiger partial charge in [-0.25, -0.2) is 0 Å². The molecule has 0 unspecified atom stereocenters. The van der Waals surface area contributed by atoms with E-state index in [1.54, 1.807) is 35.5 Å². The van der Waals surface area contributed by atoms with Crippen molar-refractivity contribution < 1.29 is 19.1 Å². The second-order valence-corrected chi connectivity index (χ2v) is 9.12. The number of rotatable bonds is 10. The van der Waals surface area contributed by atoms with E-state index in [9.17, 15) is 9.59 Å². The van der Waals surface area contributed by atoms with E-state index in [2.05, 4.69) is 5.32 Å². The molecule has 0 aliphatic heterocycles. The van der Waals surface area contributed by atoms with Gasteiger partial charge in [0.05, 0.1) is 20.3 Å². The number of carbonyl (C=O) groups is 2. The van der Waals surface area contributed by atoms with Crippen molar-refractivity contribution in [2.24, 2.45) is 0 Å². The minimum Gasteiger partial charge on any atom is -0.493 e. The molecule has 1 aromatic carbocycles. The van der Waals surface area contributed by atoms with Crippen LogP contribution < -0.4 is 14.8 Å². The zero-order valence-corrected chi connectivity index (χ0v) is 20.2. The van der Waals surface area contributed by atoms with E-state index in [-0.39, 0.29) is 23.7 Å². The summed E-state index contributed by atoms with van der Waals surface area (Å²) < 4.78 is 11.1. The lowest BCUT2D eigenvalue weighted by Crippen LogP contribution is -2.47. The molecule has 1 aromatic heterocycles. The highest BCUT2D eigenvalue weighted by Crippen LogP contribution is 2.34. The van der Waals surface area contributed by atoms with Crippen molar-refractivity contribution in [1.82, 2.24) is 10.2 Å². The number of nitrogens with zero attached hydrogens (tertiary/aromatic N) is 1. The lowest BCUT2D eigenvalue weighted by Gasteiger charge is -2.33. The van der Waals surface area contributed by atoms with Crippen LogP contribution in [0.3, 0.4) is 0 Å². The molecule has 0 bridgehead atoms. The summed E-state index contributed by atoms with van der Waals surface area (Å²) in [4.78, 5) is 29.1. The summed E-state index contributed by atoms with van der Waals surface area (Å²) in [5, 5.41) is 5.14. The molecular weight excluding hydrogens is 448 g/mol. The van der Waals surface area contributed by atoms with Crippen molar-refractivity contribution in [3.63, 3.8) is 0 Å². The number of thiophene rings is 1. The summed E-state index contributed by atoms with van der Waals surface area (Å²) in [6.45, 7) is 2.70. The number of halogens is 1. The Morgan fingerprint density at radius 3 is 2.62 bits per heavy atom. The zero-order valence-electron chi connectivity index (χ0n) is 18.6. The Kier molecular flexibility index (Phi) is 9.23. The van der Waals surface area contributed by atoms with E-state index in [0.717, 1.165) is 30.6 Å². The Labute approximate surface area is 198 Å². The Bertz CT molecular complexity index is 884. The molecule has 1 aliphatic rings. The lowest BCUT2D eigenvalue weighted by molar-refractivity contribution is -0.140. The molecular formula is C24H31ClN2O4S. The van der Waals surface area contributed by atoms with Gasteiger partial charge in [-0.15, -0.1) is 22.9 Å². The fourth-order valence-electron chi connectivity index (χ4n) is 4.10. The van der Waals surface area contributed by atoms with Gasteiger partial charge in [-0.3, -0.25) is 9.59 Å². The van der Waals surface area contributed by atoms with Crippen molar-refractivity contribution in [3.05, 3.63) is 46.2 Å². The standard InChI is InChI=1S/C24H31ClN2O4S/c1-3-31-20-12-11-17(14-21(20)30-2)23(24(29)26-18-8-5-4-6-9-18)27(22(28)15-25)16-19-10-7-13-32-19/h7,10-14,18,23H,3-6,8-9,15-16H2,1-2H3,(H,26,29)/t23-/m1/s1. The number of hydrogen-bond acceptors (Lipinski definition) is 5. The SMILES string of the molecule is CCOc1ccc([C@H](C(=O)NC2CCCCC2)N(Cc2cccs2)C(=O)CCl)cc1OC.